The highest BCUT2D eigenvalue weighted by atomic mass is 31.2. The minimum Gasteiger partial charge on any atom is -0.309 e. The Morgan fingerprint density at radius 2 is 0.773 bits per heavy atom. The lowest BCUT2D eigenvalue weighted by Crippen LogP contribution is -2.27. The van der Waals surface area contributed by atoms with E-state index >= 15 is 4.57 Å². The molecule has 0 aromatic heterocycles. The van der Waals surface area contributed by atoms with Gasteiger partial charge in [0.1, 0.15) is 0 Å². The lowest BCUT2D eigenvalue weighted by molar-refractivity contribution is -0.137. The summed E-state index contributed by atoms with van der Waals surface area (Å²) < 4.78 is 57.2. The molecule has 5 heteroatoms. The van der Waals surface area contributed by atoms with E-state index in [9.17, 15) is 13.2 Å². The zero-order valence-corrected chi connectivity index (χ0v) is 24.1. The number of alkyl halides is 3. The van der Waals surface area contributed by atoms with Gasteiger partial charge in [0, 0.05) is 15.9 Å². The first-order valence-electron chi connectivity index (χ1n) is 14.4. The smallest absolute Gasteiger partial charge is 0.309 e. The molecule has 0 heterocycles. The Labute approximate surface area is 250 Å². The van der Waals surface area contributed by atoms with Crippen LogP contribution in [0.5, 0.6) is 0 Å². The van der Waals surface area contributed by atoms with E-state index in [0.717, 1.165) is 76.8 Å². The molecule has 9 aromatic carbocycles. The van der Waals surface area contributed by atoms with E-state index in [2.05, 4.69) is 60.7 Å². The van der Waals surface area contributed by atoms with Crippen molar-refractivity contribution < 1.29 is 17.7 Å². The van der Waals surface area contributed by atoms with Gasteiger partial charge in [-0.15, -0.1) is 0 Å². The molecule has 0 saturated carbocycles. The highest BCUT2D eigenvalue weighted by Crippen LogP contribution is 2.49. The summed E-state index contributed by atoms with van der Waals surface area (Å²) in [6.07, 6.45) is -4.50. The Morgan fingerprint density at radius 3 is 1.18 bits per heavy atom. The van der Waals surface area contributed by atoms with Crippen molar-refractivity contribution in [2.24, 2.45) is 0 Å². The molecule has 0 amide bonds. The minimum absolute atomic E-state index is 0.371. The summed E-state index contributed by atoms with van der Waals surface area (Å²) >= 11 is 0. The van der Waals surface area contributed by atoms with E-state index in [-0.39, 0.29) is 0 Å². The van der Waals surface area contributed by atoms with Gasteiger partial charge in [0.25, 0.3) is 0 Å². The second-order valence-corrected chi connectivity index (χ2v) is 14.2. The van der Waals surface area contributed by atoms with Gasteiger partial charge in [-0.3, -0.25) is 0 Å². The number of rotatable bonds is 3. The van der Waals surface area contributed by atoms with Crippen LogP contribution in [0.2, 0.25) is 0 Å². The average molecular weight is 595 g/mol. The van der Waals surface area contributed by atoms with Crippen LogP contribution >= 0.6 is 7.14 Å². The Bertz CT molecular complexity index is 2430. The fraction of sp³-hybridized carbons (Fsp3) is 0.0256. The van der Waals surface area contributed by atoms with Crippen LogP contribution in [0.3, 0.4) is 0 Å². The third-order valence-corrected chi connectivity index (χ3v) is 12.4. The highest BCUT2D eigenvalue weighted by Gasteiger charge is 2.36. The van der Waals surface area contributed by atoms with Crippen LogP contribution in [0, 0.1) is 0 Å². The fourth-order valence-electron chi connectivity index (χ4n) is 7.26. The summed E-state index contributed by atoms with van der Waals surface area (Å²) in [5.41, 5.74) is -0.765. The predicted octanol–water partition coefficient (Wildman–Crippen LogP) is 10.1. The van der Waals surface area contributed by atoms with Gasteiger partial charge in [0.2, 0.25) is 0 Å². The van der Waals surface area contributed by atoms with Crippen molar-refractivity contribution in [3.05, 3.63) is 139 Å². The Hall–Kier alpha value is -4.92. The molecule has 0 fully saturated rings. The maximum atomic E-state index is 16.2. The van der Waals surface area contributed by atoms with Crippen molar-refractivity contribution >= 4 is 87.7 Å². The summed E-state index contributed by atoms with van der Waals surface area (Å²) in [5, 5.41) is 13.9. The van der Waals surface area contributed by atoms with E-state index in [1.165, 1.54) is 12.1 Å². The topological polar surface area (TPSA) is 17.1 Å². The fourth-order valence-corrected chi connectivity index (χ4v) is 10.3. The number of benzene rings is 9. The molecule has 0 aliphatic rings. The van der Waals surface area contributed by atoms with Crippen LogP contribution in [0.15, 0.2) is 133 Å². The van der Waals surface area contributed by atoms with E-state index in [1.807, 2.05) is 48.5 Å². The van der Waals surface area contributed by atoms with Crippen molar-refractivity contribution in [1.82, 2.24) is 0 Å². The largest absolute Gasteiger partial charge is 0.416 e. The zero-order valence-electron chi connectivity index (χ0n) is 23.2. The normalized spacial score (nSPS) is 13.0. The molecule has 0 radical (unpaired) electrons. The zero-order chi connectivity index (χ0) is 29.8. The first-order chi connectivity index (χ1) is 21.3. The van der Waals surface area contributed by atoms with E-state index in [4.69, 9.17) is 0 Å². The maximum absolute atomic E-state index is 16.2. The minimum atomic E-state index is -4.50. The van der Waals surface area contributed by atoms with Gasteiger partial charge in [-0.05, 0) is 88.9 Å². The standard InChI is InChI=1S/C39H22F3OP/c40-39(41,42)29-15-17-30(18-16-29)44(43,33-21-13-27-9-7-23-3-1-5-25-11-19-31(33)37(27)35(23)25)34-22-14-28-10-8-24-4-2-6-26-12-20-32(34)38(28)36(24)26/h1-22H. The maximum Gasteiger partial charge on any atom is 0.416 e. The lowest BCUT2D eigenvalue weighted by Gasteiger charge is -2.25. The predicted molar refractivity (Wildman–Crippen MR) is 178 cm³/mol. The van der Waals surface area contributed by atoms with Gasteiger partial charge in [0.05, 0.1) is 5.56 Å². The van der Waals surface area contributed by atoms with Crippen LogP contribution in [-0.2, 0) is 10.7 Å². The number of hydrogen-bond acceptors (Lipinski definition) is 1. The summed E-state index contributed by atoms with van der Waals surface area (Å²) in [4.78, 5) is 0. The molecule has 0 atom stereocenters. The Balaban J connectivity index is 1.43. The molecule has 9 rings (SSSR count). The molecule has 9 aromatic rings. The van der Waals surface area contributed by atoms with Crippen LogP contribution in [0.1, 0.15) is 5.56 Å². The highest BCUT2D eigenvalue weighted by molar-refractivity contribution is 7.86. The molecule has 0 N–H and O–H groups in total. The Kier molecular flexibility index (Phi) is 5.12. The van der Waals surface area contributed by atoms with Gasteiger partial charge in [-0.2, -0.15) is 13.2 Å². The van der Waals surface area contributed by atoms with Gasteiger partial charge in [-0.1, -0.05) is 109 Å². The van der Waals surface area contributed by atoms with Crippen LogP contribution < -0.4 is 15.9 Å². The molecule has 1 nitrogen and oxygen atoms in total. The van der Waals surface area contributed by atoms with Gasteiger partial charge in [0.15, 0.2) is 7.14 Å². The van der Waals surface area contributed by atoms with Crippen molar-refractivity contribution in [2.45, 2.75) is 6.18 Å². The van der Waals surface area contributed by atoms with Crippen molar-refractivity contribution in [3.8, 4) is 0 Å². The van der Waals surface area contributed by atoms with Crippen molar-refractivity contribution in [1.29, 1.82) is 0 Å². The van der Waals surface area contributed by atoms with Crippen molar-refractivity contribution in [2.75, 3.05) is 0 Å². The molecule has 210 valence electrons. The molecule has 0 aliphatic heterocycles. The first kappa shape index (κ1) is 25.6. The molecule has 0 unspecified atom stereocenters. The number of halogens is 3. The molecule has 0 spiro atoms. The summed E-state index contributed by atoms with van der Waals surface area (Å²) in [6.45, 7) is 0. The van der Waals surface area contributed by atoms with Crippen molar-refractivity contribution in [3.63, 3.8) is 0 Å². The van der Waals surface area contributed by atoms with E-state index in [1.54, 1.807) is 0 Å². The summed E-state index contributed by atoms with van der Waals surface area (Å²) in [6, 6.07) is 41.6. The molecular formula is C39H22F3OP. The van der Waals surface area contributed by atoms with Crippen LogP contribution in [0.25, 0.3) is 64.6 Å². The van der Waals surface area contributed by atoms with Gasteiger partial charge >= 0.3 is 6.18 Å². The second-order valence-electron chi connectivity index (χ2n) is 11.5. The Morgan fingerprint density at radius 1 is 0.409 bits per heavy atom. The van der Waals surface area contributed by atoms with Gasteiger partial charge in [-0.25, -0.2) is 0 Å². The molecule has 0 bridgehead atoms. The molecule has 0 saturated heterocycles. The molecule has 44 heavy (non-hydrogen) atoms. The summed E-state index contributed by atoms with van der Waals surface area (Å²) in [5.74, 6) is 0. The van der Waals surface area contributed by atoms with E-state index < -0.39 is 18.9 Å². The summed E-state index contributed by atoms with van der Waals surface area (Å²) in [7, 11) is -3.73. The third kappa shape index (κ3) is 3.40. The average Bonchev–Trinajstić information content (AvgIpc) is 3.05. The second kappa shape index (κ2) is 8.81. The van der Waals surface area contributed by atoms with Gasteiger partial charge < -0.3 is 4.57 Å². The number of hydrogen-bond donors (Lipinski definition) is 0. The lowest BCUT2D eigenvalue weighted by atomic mass is 9.94. The quantitative estimate of drug-likeness (QED) is 0.147. The van der Waals surface area contributed by atoms with E-state index in [0.29, 0.717) is 15.9 Å². The third-order valence-electron chi connectivity index (χ3n) is 9.25. The molecule has 0 aliphatic carbocycles. The SMILES string of the molecule is O=P(c1ccc(C(F)(F)F)cc1)(c1ccc2ccc3cccc4ccc1c2c34)c1ccc2ccc3cccc4ccc1c2c34. The monoisotopic (exact) mass is 594 g/mol. The first-order valence-corrected chi connectivity index (χ1v) is 16.2. The van der Waals surface area contributed by atoms with Crippen LogP contribution in [-0.4, -0.2) is 0 Å². The molecular weight excluding hydrogens is 572 g/mol. The van der Waals surface area contributed by atoms with Crippen LogP contribution in [0.4, 0.5) is 13.2 Å².